The Hall–Kier alpha value is -1.84. The molecule has 0 spiro atoms. The molecule has 1 aliphatic heterocycles. The molecule has 0 bridgehead atoms. The van der Waals surface area contributed by atoms with E-state index in [-0.39, 0.29) is 6.61 Å². The zero-order valence-corrected chi connectivity index (χ0v) is 14.4. The van der Waals surface area contributed by atoms with E-state index in [4.69, 9.17) is 14.2 Å². The molecule has 1 saturated heterocycles. The van der Waals surface area contributed by atoms with Crippen LogP contribution in [0.15, 0.2) is 6.33 Å². The maximum atomic E-state index is 15.5. The van der Waals surface area contributed by atoms with E-state index in [0.717, 1.165) is 0 Å². The molecular weight excluding hydrogens is 317 g/mol. The molecule has 2 aromatic rings. The Morgan fingerprint density at radius 3 is 2.79 bits per heavy atom. The first-order valence-corrected chi connectivity index (χ1v) is 7.69. The van der Waals surface area contributed by atoms with Gasteiger partial charge in [-0.05, 0) is 13.8 Å². The maximum Gasteiger partial charge on any atom is 0.181 e. The predicted octanol–water partition coefficient (Wildman–Crippen LogP) is 1.46. The minimum absolute atomic E-state index is 0.233. The van der Waals surface area contributed by atoms with Gasteiger partial charge in [-0.15, -0.1) is 0 Å². The van der Waals surface area contributed by atoms with Crippen LogP contribution in [0.5, 0.6) is 0 Å². The molecule has 132 valence electrons. The van der Waals surface area contributed by atoms with Crippen LogP contribution in [0.1, 0.15) is 19.0 Å². The lowest BCUT2D eigenvalue weighted by Crippen LogP contribution is -2.42. The van der Waals surface area contributed by atoms with Gasteiger partial charge in [0.15, 0.2) is 28.9 Å². The number of nitrogens with zero attached hydrogens (tertiary/aromatic N) is 4. The monoisotopic (exact) mass is 339 g/mol. The highest BCUT2D eigenvalue weighted by Gasteiger charge is 2.56. The largest absolute Gasteiger partial charge is 0.382 e. The maximum absolute atomic E-state index is 15.5. The number of imidazole rings is 1. The Morgan fingerprint density at radius 2 is 2.17 bits per heavy atom. The summed E-state index contributed by atoms with van der Waals surface area (Å²) in [5, 5.41) is 2.98. The van der Waals surface area contributed by atoms with E-state index in [1.165, 1.54) is 20.4 Å². The molecule has 1 fully saturated rings. The number of aryl methyl sites for hydroxylation is 1. The second-order valence-electron chi connectivity index (χ2n) is 5.98. The summed E-state index contributed by atoms with van der Waals surface area (Å²) < 4.78 is 33.4. The van der Waals surface area contributed by atoms with E-state index in [1.807, 2.05) is 0 Å². The quantitative estimate of drug-likeness (QED) is 0.883. The van der Waals surface area contributed by atoms with Crippen LogP contribution in [0.3, 0.4) is 0 Å². The molecule has 1 N–H and O–H groups in total. The SMILES string of the molecule is CNc1nc(C)nc2c1ncn2[C@@H]1O[C@H](COC)[C@@H](OC)[C@@]1(C)F. The Labute approximate surface area is 139 Å². The van der Waals surface area contributed by atoms with Gasteiger partial charge in [0.1, 0.15) is 18.0 Å². The van der Waals surface area contributed by atoms with Crippen LogP contribution >= 0.6 is 0 Å². The third kappa shape index (κ3) is 2.52. The fourth-order valence-electron chi connectivity index (χ4n) is 3.26. The summed E-state index contributed by atoms with van der Waals surface area (Å²) in [5.74, 6) is 1.15. The van der Waals surface area contributed by atoms with Gasteiger partial charge in [0.05, 0.1) is 12.9 Å². The number of hydrogen-bond donors (Lipinski definition) is 1. The number of hydrogen-bond acceptors (Lipinski definition) is 7. The van der Waals surface area contributed by atoms with Crippen molar-refractivity contribution in [3.63, 3.8) is 0 Å². The Morgan fingerprint density at radius 1 is 1.42 bits per heavy atom. The van der Waals surface area contributed by atoms with Crippen LogP contribution in [-0.2, 0) is 14.2 Å². The molecule has 0 aliphatic carbocycles. The first-order valence-electron chi connectivity index (χ1n) is 7.69. The van der Waals surface area contributed by atoms with Gasteiger partial charge < -0.3 is 19.5 Å². The van der Waals surface area contributed by atoms with E-state index < -0.39 is 24.1 Å². The first-order chi connectivity index (χ1) is 11.4. The van der Waals surface area contributed by atoms with E-state index in [0.29, 0.717) is 22.8 Å². The van der Waals surface area contributed by atoms with Gasteiger partial charge in [-0.1, -0.05) is 0 Å². The number of alkyl halides is 1. The standard InChI is InChI=1S/C15H22FN5O3/c1-8-19-12(17-3)10-13(20-8)21(7-18-10)14-15(2,16)11(23-5)9(24-14)6-22-4/h7,9,11,14H,6H2,1-5H3,(H,17,19,20)/t9-,11-,14-,15-/m1/s1. The molecule has 4 atom stereocenters. The summed E-state index contributed by atoms with van der Waals surface area (Å²) in [6.45, 7) is 3.46. The Bertz CT molecular complexity index is 735. The average molecular weight is 339 g/mol. The number of halogens is 1. The molecule has 3 rings (SSSR count). The van der Waals surface area contributed by atoms with Crippen LogP contribution in [0, 0.1) is 6.92 Å². The van der Waals surface area contributed by atoms with E-state index in [1.54, 1.807) is 25.6 Å². The second-order valence-corrected chi connectivity index (χ2v) is 5.98. The number of methoxy groups -OCH3 is 2. The van der Waals surface area contributed by atoms with E-state index in [9.17, 15) is 0 Å². The molecule has 0 aromatic carbocycles. The minimum Gasteiger partial charge on any atom is -0.382 e. The van der Waals surface area contributed by atoms with Gasteiger partial charge in [-0.2, -0.15) is 0 Å². The Kier molecular flexibility index (Phi) is 4.41. The van der Waals surface area contributed by atoms with E-state index >= 15 is 4.39 Å². The molecular formula is C15H22FN5O3. The van der Waals surface area contributed by atoms with Crippen molar-refractivity contribution in [2.45, 2.75) is 38.0 Å². The molecule has 0 radical (unpaired) electrons. The zero-order chi connectivity index (χ0) is 17.5. The fourth-order valence-corrected chi connectivity index (χ4v) is 3.26. The summed E-state index contributed by atoms with van der Waals surface area (Å²) in [6.07, 6.45) is -0.688. The second kappa shape index (κ2) is 6.23. The fraction of sp³-hybridized carbons (Fsp3) is 0.667. The summed E-state index contributed by atoms with van der Waals surface area (Å²) >= 11 is 0. The van der Waals surface area contributed by atoms with Crippen molar-refractivity contribution >= 4 is 17.0 Å². The smallest absolute Gasteiger partial charge is 0.181 e. The lowest BCUT2D eigenvalue weighted by Gasteiger charge is -2.26. The predicted molar refractivity (Wildman–Crippen MR) is 85.7 cm³/mol. The number of aromatic nitrogens is 4. The lowest BCUT2D eigenvalue weighted by atomic mass is 9.98. The van der Waals surface area contributed by atoms with Crippen LogP contribution in [0.4, 0.5) is 10.2 Å². The Balaban J connectivity index is 2.08. The number of rotatable bonds is 5. The lowest BCUT2D eigenvalue weighted by molar-refractivity contribution is -0.0631. The van der Waals surface area contributed by atoms with E-state index in [2.05, 4.69) is 20.3 Å². The van der Waals surface area contributed by atoms with Crippen molar-refractivity contribution in [3.8, 4) is 0 Å². The average Bonchev–Trinajstić information content (AvgIpc) is 3.04. The van der Waals surface area contributed by atoms with Gasteiger partial charge in [-0.3, -0.25) is 4.57 Å². The zero-order valence-electron chi connectivity index (χ0n) is 14.4. The van der Waals surface area contributed by atoms with Crippen molar-refractivity contribution in [1.82, 2.24) is 19.5 Å². The van der Waals surface area contributed by atoms with Gasteiger partial charge in [0, 0.05) is 21.3 Å². The highest BCUT2D eigenvalue weighted by molar-refractivity contribution is 5.83. The summed E-state index contributed by atoms with van der Waals surface area (Å²) in [6, 6.07) is 0. The summed E-state index contributed by atoms with van der Waals surface area (Å²) in [4.78, 5) is 13.0. The normalized spacial score (nSPS) is 30.2. The third-order valence-electron chi connectivity index (χ3n) is 4.29. The van der Waals surface area contributed by atoms with Crippen molar-refractivity contribution in [2.24, 2.45) is 0 Å². The highest BCUT2D eigenvalue weighted by Crippen LogP contribution is 2.43. The highest BCUT2D eigenvalue weighted by atomic mass is 19.1. The van der Waals surface area contributed by atoms with Crippen LogP contribution < -0.4 is 5.32 Å². The van der Waals surface area contributed by atoms with Crippen molar-refractivity contribution in [2.75, 3.05) is 33.2 Å². The molecule has 1 aliphatic rings. The first kappa shape index (κ1) is 17.0. The molecule has 0 amide bonds. The van der Waals surface area contributed by atoms with Gasteiger partial charge >= 0.3 is 0 Å². The third-order valence-corrected chi connectivity index (χ3v) is 4.29. The molecule has 0 unspecified atom stereocenters. The van der Waals surface area contributed by atoms with Crippen LogP contribution in [-0.4, -0.2) is 65.3 Å². The number of anilines is 1. The van der Waals surface area contributed by atoms with Crippen LogP contribution in [0.2, 0.25) is 0 Å². The minimum atomic E-state index is -1.77. The van der Waals surface area contributed by atoms with Gasteiger partial charge in [0.25, 0.3) is 0 Å². The van der Waals surface area contributed by atoms with Gasteiger partial charge in [-0.25, -0.2) is 19.3 Å². The molecule has 24 heavy (non-hydrogen) atoms. The molecule has 3 heterocycles. The van der Waals surface area contributed by atoms with Gasteiger partial charge in [0.2, 0.25) is 0 Å². The molecule has 8 nitrogen and oxygen atoms in total. The molecule has 0 saturated carbocycles. The summed E-state index contributed by atoms with van der Waals surface area (Å²) in [7, 11) is 4.76. The number of fused-ring (bicyclic) bond motifs is 1. The number of nitrogens with one attached hydrogen (secondary N) is 1. The van der Waals surface area contributed by atoms with Crippen molar-refractivity contribution in [3.05, 3.63) is 12.2 Å². The van der Waals surface area contributed by atoms with Crippen LogP contribution in [0.25, 0.3) is 11.2 Å². The number of ether oxygens (including phenoxy) is 3. The molecule has 2 aromatic heterocycles. The summed E-state index contributed by atoms with van der Waals surface area (Å²) in [5.41, 5.74) is -0.704. The van der Waals surface area contributed by atoms with Crippen molar-refractivity contribution < 1.29 is 18.6 Å². The van der Waals surface area contributed by atoms with Crippen molar-refractivity contribution in [1.29, 1.82) is 0 Å². The topological polar surface area (TPSA) is 83.3 Å². The molecule has 9 heteroatoms.